The second kappa shape index (κ2) is 6.64. The molecule has 3 aromatic rings. The summed E-state index contributed by atoms with van der Waals surface area (Å²) in [4.78, 5) is 28.6. The van der Waals surface area contributed by atoms with Gasteiger partial charge >= 0.3 is 0 Å². The van der Waals surface area contributed by atoms with Crippen molar-refractivity contribution < 1.29 is 14.0 Å². The smallest absolute Gasteiger partial charge is 0.251 e. The zero-order valence-corrected chi connectivity index (χ0v) is 13.8. The van der Waals surface area contributed by atoms with Crippen LogP contribution < -0.4 is 5.32 Å². The molecule has 0 aliphatic rings. The number of carbonyl (C=O) groups excluding carboxylic acids is 2. The minimum Gasteiger partial charge on any atom is -0.452 e. The van der Waals surface area contributed by atoms with Crippen LogP contribution in [0.25, 0.3) is 11.0 Å². The molecule has 0 aliphatic carbocycles. The van der Waals surface area contributed by atoms with Gasteiger partial charge < -0.3 is 9.73 Å². The van der Waals surface area contributed by atoms with Gasteiger partial charge in [-0.2, -0.15) is 5.26 Å². The Balaban J connectivity index is 1.87. The largest absolute Gasteiger partial charge is 0.452 e. The molecule has 1 aromatic carbocycles. The fourth-order valence-electron chi connectivity index (χ4n) is 2.16. The Morgan fingerprint density at radius 2 is 2.08 bits per heavy atom. The quantitative estimate of drug-likeness (QED) is 0.548. The molecule has 1 amide bonds. The first kappa shape index (κ1) is 15.9. The number of hydrogen-bond acceptors (Lipinski definition) is 5. The van der Waals surface area contributed by atoms with Crippen molar-refractivity contribution in [3.05, 3.63) is 58.9 Å². The maximum absolute atomic E-state index is 12.5. The second-order valence-corrected chi connectivity index (χ2v) is 5.75. The highest BCUT2D eigenvalue weighted by Crippen LogP contribution is 2.28. The molecule has 0 saturated heterocycles. The first-order valence-electron chi connectivity index (χ1n) is 6.94. The molecule has 0 aliphatic heterocycles. The molecule has 2 aromatic heterocycles. The predicted molar refractivity (Wildman–Crippen MR) is 90.2 cm³/mol. The molecule has 0 fully saturated rings. The maximum Gasteiger partial charge on any atom is 0.251 e. The van der Waals surface area contributed by atoms with Gasteiger partial charge in [0.1, 0.15) is 11.4 Å². The molecule has 118 valence electrons. The summed E-state index contributed by atoms with van der Waals surface area (Å²) in [6.07, 6.45) is 1.50. The molecular formula is C17H10BrN3O3. The van der Waals surface area contributed by atoms with Gasteiger partial charge in [-0.3, -0.25) is 9.59 Å². The van der Waals surface area contributed by atoms with Crippen LogP contribution in [0.5, 0.6) is 0 Å². The number of hydrogen-bond donors (Lipinski definition) is 1. The standard InChI is InChI=1S/C17H10BrN3O3/c18-12-5-3-4-10-8-13(24-16(10)12)15(22)11(9-19)17(23)21-14-6-1-2-7-20-14/h1-8,11H,(H,20,21,23)/t11-/m1/s1. The number of benzene rings is 1. The van der Waals surface area contributed by atoms with E-state index in [1.807, 2.05) is 0 Å². The summed E-state index contributed by atoms with van der Waals surface area (Å²) < 4.78 is 6.19. The van der Waals surface area contributed by atoms with Crippen molar-refractivity contribution in [3.63, 3.8) is 0 Å². The third-order valence-corrected chi connectivity index (χ3v) is 3.93. The molecule has 0 radical (unpaired) electrons. The number of fused-ring (bicyclic) bond motifs is 1. The highest BCUT2D eigenvalue weighted by molar-refractivity contribution is 9.10. The van der Waals surface area contributed by atoms with Crippen molar-refractivity contribution in [1.82, 2.24) is 4.98 Å². The van der Waals surface area contributed by atoms with Gasteiger partial charge in [0.05, 0.1) is 10.5 Å². The Bertz CT molecular complexity index is 960. The molecule has 0 spiro atoms. The minimum atomic E-state index is -1.52. The van der Waals surface area contributed by atoms with Crippen molar-refractivity contribution >= 4 is 44.4 Å². The highest BCUT2D eigenvalue weighted by atomic mass is 79.9. The monoisotopic (exact) mass is 383 g/mol. The molecule has 3 rings (SSSR count). The van der Waals surface area contributed by atoms with Gasteiger partial charge in [0.2, 0.25) is 5.78 Å². The van der Waals surface area contributed by atoms with E-state index in [4.69, 9.17) is 4.42 Å². The van der Waals surface area contributed by atoms with Crippen LogP contribution in [-0.2, 0) is 4.79 Å². The van der Waals surface area contributed by atoms with Crippen LogP contribution in [0, 0.1) is 17.2 Å². The Kier molecular flexibility index (Phi) is 4.40. The third kappa shape index (κ3) is 3.05. The van der Waals surface area contributed by atoms with Crippen LogP contribution in [0.3, 0.4) is 0 Å². The first-order chi connectivity index (χ1) is 11.6. The molecule has 0 unspecified atom stereocenters. The Labute approximate surface area is 145 Å². The SMILES string of the molecule is N#C[C@@H](C(=O)Nc1ccccn1)C(=O)c1cc2cccc(Br)c2o1. The number of amides is 1. The number of para-hydroxylation sites is 1. The van der Waals surface area contributed by atoms with Crippen LogP contribution in [-0.4, -0.2) is 16.7 Å². The second-order valence-electron chi connectivity index (χ2n) is 4.90. The van der Waals surface area contributed by atoms with Crippen molar-refractivity contribution in [2.75, 3.05) is 5.32 Å². The lowest BCUT2D eigenvalue weighted by Crippen LogP contribution is -2.28. The Hall–Kier alpha value is -2.98. The van der Waals surface area contributed by atoms with Crippen molar-refractivity contribution in [2.45, 2.75) is 0 Å². The lowest BCUT2D eigenvalue weighted by atomic mass is 10.0. The number of rotatable bonds is 4. The molecular weight excluding hydrogens is 374 g/mol. The van der Waals surface area contributed by atoms with Gasteiger partial charge in [0.15, 0.2) is 11.7 Å². The minimum absolute atomic E-state index is 0.0420. The van der Waals surface area contributed by atoms with Crippen LogP contribution in [0.15, 0.2) is 57.6 Å². The summed E-state index contributed by atoms with van der Waals surface area (Å²) in [7, 11) is 0. The summed E-state index contributed by atoms with van der Waals surface area (Å²) in [5, 5.41) is 12.4. The van der Waals surface area contributed by atoms with E-state index < -0.39 is 17.6 Å². The van der Waals surface area contributed by atoms with E-state index in [9.17, 15) is 14.9 Å². The number of anilines is 1. The number of halogens is 1. The normalized spacial score (nSPS) is 11.7. The average Bonchev–Trinajstić information content (AvgIpc) is 3.02. The molecule has 7 heteroatoms. The summed E-state index contributed by atoms with van der Waals surface area (Å²) in [5.74, 6) is -2.75. The zero-order chi connectivity index (χ0) is 17.1. The number of carbonyl (C=O) groups is 2. The Morgan fingerprint density at radius 3 is 2.75 bits per heavy atom. The molecule has 0 saturated carbocycles. The third-order valence-electron chi connectivity index (χ3n) is 3.31. The van der Waals surface area contributed by atoms with Crippen molar-refractivity contribution in [1.29, 1.82) is 5.26 Å². The van der Waals surface area contributed by atoms with Crippen molar-refractivity contribution in [2.24, 2.45) is 5.92 Å². The van der Waals surface area contributed by atoms with E-state index in [0.717, 1.165) is 0 Å². The summed E-state index contributed by atoms with van der Waals surface area (Å²) in [5.41, 5.74) is 0.489. The molecule has 2 heterocycles. The van der Waals surface area contributed by atoms with Gasteiger partial charge in [-0.1, -0.05) is 18.2 Å². The number of nitrogens with one attached hydrogen (secondary N) is 1. The number of pyridine rings is 1. The van der Waals surface area contributed by atoms with E-state index in [1.54, 1.807) is 42.5 Å². The van der Waals surface area contributed by atoms with Gasteiger partial charge in [-0.05, 0) is 40.2 Å². The van der Waals surface area contributed by atoms with Crippen LogP contribution in [0.1, 0.15) is 10.6 Å². The molecule has 0 bridgehead atoms. The van der Waals surface area contributed by atoms with Crippen LogP contribution >= 0.6 is 15.9 Å². The maximum atomic E-state index is 12.5. The number of furan rings is 1. The zero-order valence-electron chi connectivity index (χ0n) is 12.2. The summed E-state index contributed by atoms with van der Waals surface area (Å²) in [6, 6.07) is 13.5. The molecule has 6 nitrogen and oxygen atoms in total. The molecule has 1 N–H and O–H groups in total. The van der Waals surface area contributed by atoms with Gasteiger partial charge in [-0.25, -0.2) is 4.98 Å². The first-order valence-corrected chi connectivity index (χ1v) is 7.73. The fraction of sp³-hybridized carbons (Fsp3) is 0.0588. The number of ketones is 1. The Morgan fingerprint density at radius 1 is 1.25 bits per heavy atom. The van der Waals surface area contributed by atoms with Gasteiger partial charge in [-0.15, -0.1) is 0 Å². The lowest BCUT2D eigenvalue weighted by Gasteiger charge is -2.07. The number of nitrogens with zero attached hydrogens (tertiary/aromatic N) is 2. The lowest BCUT2D eigenvalue weighted by molar-refractivity contribution is -0.117. The van der Waals surface area contributed by atoms with E-state index in [0.29, 0.717) is 15.4 Å². The predicted octanol–water partition coefficient (Wildman–Crippen LogP) is 3.55. The van der Waals surface area contributed by atoms with E-state index >= 15 is 0 Å². The fourth-order valence-corrected chi connectivity index (χ4v) is 2.63. The average molecular weight is 384 g/mol. The topological polar surface area (TPSA) is 96.0 Å². The summed E-state index contributed by atoms with van der Waals surface area (Å²) >= 11 is 3.33. The number of nitriles is 1. The van der Waals surface area contributed by atoms with Gasteiger partial charge in [0, 0.05) is 11.6 Å². The van der Waals surface area contributed by atoms with E-state index in [1.165, 1.54) is 12.3 Å². The number of Topliss-reactive ketones (excluding diaryl/α,β-unsaturated/α-hetero) is 1. The number of aromatic nitrogens is 1. The van der Waals surface area contributed by atoms with Crippen LogP contribution in [0.4, 0.5) is 5.82 Å². The molecule has 1 atom stereocenters. The molecule has 24 heavy (non-hydrogen) atoms. The van der Waals surface area contributed by atoms with E-state index in [-0.39, 0.29) is 11.6 Å². The summed E-state index contributed by atoms with van der Waals surface area (Å²) in [6.45, 7) is 0. The highest BCUT2D eigenvalue weighted by Gasteiger charge is 2.30. The van der Waals surface area contributed by atoms with Crippen LogP contribution in [0.2, 0.25) is 0 Å². The van der Waals surface area contributed by atoms with Gasteiger partial charge in [0.25, 0.3) is 5.91 Å². The van der Waals surface area contributed by atoms with E-state index in [2.05, 4.69) is 26.2 Å². The van der Waals surface area contributed by atoms with Crippen molar-refractivity contribution in [3.8, 4) is 6.07 Å².